The summed E-state index contributed by atoms with van der Waals surface area (Å²) in [6.07, 6.45) is -1.76. The fraction of sp³-hybridized carbons (Fsp3) is 0.318. The van der Waals surface area contributed by atoms with Gasteiger partial charge in [-0.2, -0.15) is 0 Å². The molecule has 3 amide bonds. The monoisotopic (exact) mass is 396 g/mol. The van der Waals surface area contributed by atoms with Crippen molar-refractivity contribution in [2.24, 2.45) is 0 Å². The van der Waals surface area contributed by atoms with Crippen molar-refractivity contribution in [3.05, 3.63) is 64.7 Å². The van der Waals surface area contributed by atoms with Gasteiger partial charge < -0.3 is 9.47 Å². The van der Waals surface area contributed by atoms with Crippen LogP contribution in [0.1, 0.15) is 58.8 Å². The van der Waals surface area contributed by atoms with Gasteiger partial charge in [0.1, 0.15) is 17.5 Å². The first-order chi connectivity index (χ1) is 13.6. The number of carbonyl (C=O) groups excluding carboxylic acids is 3. The van der Waals surface area contributed by atoms with Crippen LogP contribution in [-0.4, -0.2) is 35.5 Å². The molecule has 152 valence electrons. The van der Waals surface area contributed by atoms with Gasteiger partial charge >= 0.3 is 6.09 Å². The maximum atomic E-state index is 13.1. The second kappa shape index (κ2) is 7.58. The summed E-state index contributed by atoms with van der Waals surface area (Å²) in [7, 11) is 1.54. The van der Waals surface area contributed by atoms with E-state index in [1.807, 2.05) is 6.92 Å². The lowest BCUT2D eigenvalue weighted by Crippen LogP contribution is -2.45. The highest BCUT2D eigenvalue weighted by atomic mass is 16.6. The smallest absolute Gasteiger partial charge is 0.409 e. The van der Waals surface area contributed by atoms with Crippen molar-refractivity contribution in [1.29, 1.82) is 0 Å². The van der Waals surface area contributed by atoms with Gasteiger partial charge in [-0.15, -0.1) is 0 Å². The minimum absolute atomic E-state index is 0.310. The van der Waals surface area contributed by atoms with Crippen molar-refractivity contribution in [2.45, 2.75) is 39.5 Å². The Morgan fingerprint density at radius 3 is 2.21 bits per heavy atom. The topological polar surface area (TPSA) is 84.9 Å². The zero-order valence-electron chi connectivity index (χ0n) is 17.1. The Morgan fingerprint density at radius 2 is 1.62 bits per heavy atom. The van der Waals surface area contributed by atoms with Gasteiger partial charge in [-0.05, 0) is 57.5 Å². The van der Waals surface area contributed by atoms with Gasteiger partial charge in [-0.1, -0.05) is 23.8 Å². The van der Waals surface area contributed by atoms with Gasteiger partial charge in [0.25, 0.3) is 11.8 Å². The van der Waals surface area contributed by atoms with Crippen LogP contribution in [0, 0.1) is 6.92 Å². The second-order valence-corrected chi connectivity index (χ2v) is 7.85. The third-order valence-electron chi connectivity index (χ3n) is 4.42. The van der Waals surface area contributed by atoms with E-state index in [0.717, 1.165) is 10.5 Å². The van der Waals surface area contributed by atoms with Crippen LogP contribution < -0.4 is 10.1 Å². The summed E-state index contributed by atoms with van der Waals surface area (Å²) in [6.45, 7) is 7.06. The zero-order chi connectivity index (χ0) is 21.3. The molecule has 0 spiro atoms. The molecular weight excluding hydrogens is 372 g/mol. The highest BCUT2D eigenvalue weighted by Gasteiger charge is 2.41. The number of ether oxygens (including phenoxy) is 2. The van der Waals surface area contributed by atoms with Gasteiger partial charge in [0, 0.05) is 0 Å². The molecule has 0 aromatic heterocycles. The molecule has 7 heteroatoms. The lowest BCUT2D eigenvalue weighted by Gasteiger charge is -2.29. The second-order valence-electron chi connectivity index (χ2n) is 7.85. The number of carbonyl (C=O) groups is 3. The molecule has 0 bridgehead atoms. The number of aryl methyl sites for hydroxylation is 1. The Labute approximate surface area is 169 Å². The van der Waals surface area contributed by atoms with E-state index in [2.05, 4.69) is 5.32 Å². The average Bonchev–Trinajstić information content (AvgIpc) is 2.89. The quantitative estimate of drug-likeness (QED) is 0.794. The molecule has 1 N–H and O–H groups in total. The van der Waals surface area contributed by atoms with Crippen LogP contribution in [0.3, 0.4) is 0 Å². The van der Waals surface area contributed by atoms with E-state index < -0.39 is 29.7 Å². The first kappa shape index (κ1) is 20.4. The normalized spacial score (nSPS) is 14.4. The molecule has 1 aliphatic rings. The van der Waals surface area contributed by atoms with E-state index in [1.165, 1.54) is 7.11 Å². The van der Waals surface area contributed by atoms with Gasteiger partial charge in [0.05, 0.1) is 18.2 Å². The number of rotatable bonds is 4. The SMILES string of the molecule is COc1ccc(C(NC(=O)OC(C)(C)C)N2C(=O)c3ccc(C)cc3C2=O)cc1. The van der Waals surface area contributed by atoms with Crippen molar-refractivity contribution >= 4 is 17.9 Å². The van der Waals surface area contributed by atoms with Gasteiger partial charge in [-0.3, -0.25) is 14.9 Å². The number of alkyl carbamates (subject to hydrolysis) is 1. The van der Waals surface area contributed by atoms with Crippen molar-refractivity contribution < 1.29 is 23.9 Å². The largest absolute Gasteiger partial charge is 0.497 e. The highest BCUT2D eigenvalue weighted by Crippen LogP contribution is 2.31. The van der Waals surface area contributed by atoms with Gasteiger partial charge in [-0.25, -0.2) is 9.69 Å². The number of nitrogens with one attached hydrogen (secondary N) is 1. The minimum atomic E-state index is -1.02. The standard InChI is InChI=1S/C22H24N2O5/c1-13-6-11-16-17(12-13)20(26)24(19(16)25)18(23-21(27)29-22(2,3)4)14-7-9-15(28-5)10-8-14/h6-12,18H,1-5H3,(H,23,27). The van der Waals surface area contributed by atoms with Gasteiger partial charge in [0.15, 0.2) is 0 Å². The Morgan fingerprint density at radius 1 is 1.00 bits per heavy atom. The van der Waals surface area contributed by atoms with Crippen LogP contribution in [0.25, 0.3) is 0 Å². The minimum Gasteiger partial charge on any atom is -0.497 e. The van der Waals surface area contributed by atoms with Crippen LogP contribution in [0.5, 0.6) is 5.75 Å². The lowest BCUT2D eigenvalue weighted by molar-refractivity contribution is 0.0385. The molecule has 2 aromatic rings. The zero-order valence-corrected chi connectivity index (χ0v) is 17.1. The number of imide groups is 1. The first-order valence-corrected chi connectivity index (χ1v) is 9.23. The van der Waals surface area contributed by atoms with Gasteiger partial charge in [0.2, 0.25) is 0 Å². The Hall–Kier alpha value is -3.35. The van der Waals surface area contributed by atoms with Crippen molar-refractivity contribution in [3.63, 3.8) is 0 Å². The van der Waals surface area contributed by atoms with Crippen LogP contribution in [0.15, 0.2) is 42.5 Å². The molecule has 0 radical (unpaired) electrons. The maximum Gasteiger partial charge on any atom is 0.409 e. The number of fused-ring (bicyclic) bond motifs is 1. The molecule has 1 atom stereocenters. The summed E-state index contributed by atoms with van der Waals surface area (Å²) in [4.78, 5) is 39.6. The van der Waals surface area contributed by atoms with Crippen LogP contribution >= 0.6 is 0 Å². The molecule has 0 fully saturated rings. The third kappa shape index (κ3) is 4.23. The number of hydrogen-bond acceptors (Lipinski definition) is 5. The molecule has 0 aliphatic carbocycles. The lowest BCUT2D eigenvalue weighted by atomic mass is 10.1. The van der Waals surface area contributed by atoms with Crippen molar-refractivity contribution in [1.82, 2.24) is 10.2 Å². The van der Waals surface area contributed by atoms with E-state index in [0.29, 0.717) is 22.4 Å². The number of methoxy groups -OCH3 is 1. The highest BCUT2D eigenvalue weighted by molar-refractivity contribution is 6.21. The summed E-state index contributed by atoms with van der Waals surface area (Å²) < 4.78 is 10.5. The molecule has 1 aliphatic heterocycles. The molecule has 29 heavy (non-hydrogen) atoms. The molecule has 1 unspecified atom stereocenters. The van der Waals surface area contributed by atoms with E-state index in [9.17, 15) is 14.4 Å². The van der Waals surface area contributed by atoms with E-state index in [-0.39, 0.29) is 0 Å². The molecule has 3 rings (SSSR count). The Kier molecular flexibility index (Phi) is 5.33. The van der Waals surface area contributed by atoms with Crippen molar-refractivity contribution in [2.75, 3.05) is 7.11 Å². The Bertz CT molecular complexity index is 960. The number of benzene rings is 2. The van der Waals surface area contributed by atoms with Crippen LogP contribution in [0.4, 0.5) is 4.79 Å². The summed E-state index contributed by atoms with van der Waals surface area (Å²) >= 11 is 0. The summed E-state index contributed by atoms with van der Waals surface area (Å²) in [5, 5.41) is 2.66. The number of nitrogens with zero attached hydrogens (tertiary/aromatic N) is 1. The predicted molar refractivity (Wildman–Crippen MR) is 107 cm³/mol. The fourth-order valence-corrected chi connectivity index (χ4v) is 3.11. The fourth-order valence-electron chi connectivity index (χ4n) is 3.11. The number of amides is 3. The Balaban J connectivity index is 1.99. The first-order valence-electron chi connectivity index (χ1n) is 9.23. The predicted octanol–water partition coefficient (Wildman–Crippen LogP) is 3.82. The van der Waals surface area contributed by atoms with E-state index in [1.54, 1.807) is 63.2 Å². The summed E-state index contributed by atoms with van der Waals surface area (Å²) in [5.74, 6) is -0.324. The molecule has 0 saturated carbocycles. The third-order valence-corrected chi connectivity index (χ3v) is 4.42. The molecule has 1 heterocycles. The van der Waals surface area contributed by atoms with E-state index >= 15 is 0 Å². The maximum absolute atomic E-state index is 13.1. The molecule has 0 saturated heterocycles. The molecular formula is C22H24N2O5. The van der Waals surface area contributed by atoms with Crippen LogP contribution in [0.2, 0.25) is 0 Å². The summed E-state index contributed by atoms with van der Waals surface area (Å²) in [6, 6.07) is 11.9. The van der Waals surface area contributed by atoms with E-state index in [4.69, 9.17) is 9.47 Å². The summed E-state index contributed by atoms with van der Waals surface area (Å²) in [5.41, 5.74) is 1.31. The number of hydrogen-bond donors (Lipinski definition) is 1. The average molecular weight is 396 g/mol. The molecule has 2 aromatic carbocycles. The van der Waals surface area contributed by atoms with Crippen LogP contribution in [-0.2, 0) is 4.74 Å². The molecule has 7 nitrogen and oxygen atoms in total. The van der Waals surface area contributed by atoms with Crippen molar-refractivity contribution in [3.8, 4) is 5.75 Å².